The molecule has 0 radical (unpaired) electrons. The summed E-state index contributed by atoms with van der Waals surface area (Å²) in [6.07, 6.45) is 4.24. The third kappa shape index (κ3) is 3.66. The Bertz CT molecular complexity index is 569. The van der Waals surface area contributed by atoms with Crippen LogP contribution in [0.5, 0.6) is 0 Å². The van der Waals surface area contributed by atoms with Gasteiger partial charge in [-0.1, -0.05) is 91.5 Å². The Morgan fingerprint density at radius 3 is 2.41 bits per heavy atom. The lowest BCUT2D eigenvalue weighted by molar-refractivity contribution is -0.141. The number of hydrogen-bond acceptors (Lipinski definition) is 2. The SMILES string of the molecule is CCCCC1=CC(O)(C(Br)(Br)Br)N(Cc2ccccc2)C1=O. The summed E-state index contributed by atoms with van der Waals surface area (Å²) in [6.45, 7) is 2.42. The molecule has 120 valence electrons. The maximum Gasteiger partial charge on any atom is 0.252 e. The first-order valence-electron chi connectivity index (χ1n) is 7.16. The highest BCUT2D eigenvalue weighted by atomic mass is 80.0. The van der Waals surface area contributed by atoms with Gasteiger partial charge in [-0.2, -0.15) is 0 Å². The third-order valence-electron chi connectivity index (χ3n) is 3.71. The first kappa shape index (κ1) is 18.2. The summed E-state index contributed by atoms with van der Waals surface area (Å²) in [4.78, 5) is 14.2. The van der Waals surface area contributed by atoms with Gasteiger partial charge in [-0.15, -0.1) is 0 Å². The van der Waals surface area contributed by atoms with E-state index in [4.69, 9.17) is 0 Å². The van der Waals surface area contributed by atoms with E-state index in [0.29, 0.717) is 18.5 Å². The lowest BCUT2D eigenvalue weighted by Gasteiger charge is -2.39. The molecule has 0 saturated carbocycles. The minimum atomic E-state index is -1.48. The van der Waals surface area contributed by atoms with Crippen LogP contribution in [0.3, 0.4) is 0 Å². The number of carbonyl (C=O) groups is 1. The number of halogens is 3. The van der Waals surface area contributed by atoms with Crippen molar-refractivity contribution < 1.29 is 9.90 Å². The predicted octanol–water partition coefficient (Wildman–Crippen LogP) is 4.67. The molecular weight excluding hydrogens is 478 g/mol. The molecule has 1 N–H and O–H groups in total. The van der Waals surface area contributed by atoms with Crippen LogP contribution in [-0.4, -0.2) is 23.8 Å². The number of benzene rings is 1. The van der Waals surface area contributed by atoms with Gasteiger partial charge >= 0.3 is 0 Å². The van der Waals surface area contributed by atoms with Crippen molar-refractivity contribution in [3.63, 3.8) is 0 Å². The van der Waals surface area contributed by atoms with Crippen LogP contribution < -0.4 is 0 Å². The number of rotatable bonds is 5. The number of alkyl halides is 3. The molecule has 1 heterocycles. The Morgan fingerprint density at radius 2 is 1.86 bits per heavy atom. The topological polar surface area (TPSA) is 40.5 Å². The number of aliphatic hydroxyl groups is 1. The standard InChI is InChI=1S/C16H18Br3NO2/c1-2-3-9-13-10-15(22,16(17,18)19)20(14(13)21)11-12-7-5-4-6-8-12/h4-8,10,22H,2-3,9,11H2,1H3. The summed E-state index contributed by atoms with van der Waals surface area (Å²) in [5, 5.41) is 11.1. The van der Waals surface area contributed by atoms with E-state index in [-0.39, 0.29) is 5.91 Å². The van der Waals surface area contributed by atoms with Crippen molar-refractivity contribution in [2.45, 2.75) is 40.6 Å². The van der Waals surface area contributed by atoms with E-state index in [2.05, 4.69) is 54.7 Å². The quantitative estimate of drug-likeness (QED) is 0.603. The predicted molar refractivity (Wildman–Crippen MR) is 99.1 cm³/mol. The van der Waals surface area contributed by atoms with E-state index in [1.165, 1.54) is 4.90 Å². The lowest BCUT2D eigenvalue weighted by Crippen LogP contribution is -2.54. The summed E-state index contributed by atoms with van der Waals surface area (Å²) in [6, 6.07) is 9.65. The van der Waals surface area contributed by atoms with Crippen LogP contribution in [0.15, 0.2) is 42.0 Å². The second-order valence-corrected chi connectivity index (χ2v) is 12.1. The van der Waals surface area contributed by atoms with Crippen molar-refractivity contribution in [3.05, 3.63) is 47.5 Å². The maximum atomic E-state index is 12.7. The van der Waals surface area contributed by atoms with E-state index >= 15 is 0 Å². The van der Waals surface area contributed by atoms with Gasteiger partial charge in [-0.05, 0) is 24.5 Å². The first-order chi connectivity index (χ1) is 10.3. The van der Waals surface area contributed by atoms with E-state index in [9.17, 15) is 9.90 Å². The molecule has 1 aliphatic heterocycles. The van der Waals surface area contributed by atoms with E-state index < -0.39 is 7.87 Å². The average molecular weight is 496 g/mol. The largest absolute Gasteiger partial charge is 0.365 e. The molecule has 1 aliphatic rings. The van der Waals surface area contributed by atoms with Crippen LogP contribution in [0.4, 0.5) is 0 Å². The van der Waals surface area contributed by atoms with E-state index in [1.807, 2.05) is 30.3 Å². The van der Waals surface area contributed by atoms with Crippen LogP contribution in [0.1, 0.15) is 31.7 Å². The van der Waals surface area contributed by atoms with Crippen molar-refractivity contribution in [1.82, 2.24) is 4.90 Å². The van der Waals surface area contributed by atoms with Gasteiger partial charge in [0.05, 0.1) is 0 Å². The first-order valence-corrected chi connectivity index (χ1v) is 9.54. The number of carbonyl (C=O) groups excluding carboxylic acids is 1. The minimum absolute atomic E-state index is 0.123. The van der Waals surface area contributed by atoms with Crippen molar-refractivity contribution in [2.24, 2.45) is 0 Å². The lowest BCUT2D eigenvalue weighted by atomic mass is 10.1. The zero-order chi connectivity index (χ0) is 16.4. The molecule has 1 atom stereocenters. The van der Waals surface area contributed by atoms with Gasteiger partial charge in [-0.3, -0.25) is 4.79 Å². The van der Waals surface area contributed by atoms with Gasteiger partial charge in [0.2, 0.25) is 0 Å². The normalized spacial score (nSPS) is 22.1. The fourth-order valence-electron chi connectivity index (χ4n) is 2.45. The molecule has 0 aromatic heterocycles. The van der Waals surface area contributed by atoms with Crippen molar-refractivity contribution in [3.8, 4) is 0 Å². The Labute approximate surface area is 156 Å². The van der Waals surface area contributed by atoms with Crippen molar-refractivity contribution >= 4 is 53.7 Å². The summed E-state index contributed by atoms with van der Waals surface area (Å²) >= 11 is 10.1. The van der Waals surface area contributed by atoms with Gasteiger partial charge in [0.15, 0.2) is 7.87 Å². The average Bonchev–Trinajstić information content (AvgIpc) is 2.71. The molecule has 3 nitrogen and oxygen atoms in total. The molecule has 2 rings (SSSR count). The van der Waals surface area contributed by atoms with Gasteiger partial charge in [0.1, 0.15) is 0 Å². The molecule has 0 bridgehead atoms. The van der Waals surface area contributed by atoms with E-state index in [1.54, 1.807) is 6.08 Å². The van der Waals surface area contributed by atoms with Crippen LogP contribution >= 0.6 is 47.8 Å². The molecule has 1 aromatic rings. The molecule has 22 heavy (non-hydrogen) atoms. The Kier molecular flexibility index (Phi) is 5.91. The van der Waals surface area contributed by atoms with Gasteiger partial charge in [0.25, 0.3) is 5.91 Å². The zero-order valence-corrected chi connectivity index (χ0v) is 17.0. The monoisotopic (exact) mass is 493 g/mol. The molecule has 1 unspecified atom stereocenters. The molecule has 0 saturated heterocycles. The van der Waals surface area contributed by atoms with Crippen molar-refractivity contribution in [2.75, 3.05) is 0 Å². The van der Waals surface area contributed by atoms with Crippen LogP contribution in [-0.2, 0) is 11.3 Å². The van der Waals surface area contributed by atoms with Gasteiger partial charge in [0, 0.05) is 12.1 Å². The Hall–Kier alpha value is -0.170. The molecule has 6 heteroatoms. The smallest absolute Gasteiger partial charge is 0.252 e. The summed E-state index contributed by atoms with van der Waals surface area (Å²) < 4.78 is -1.00. The minimum Gasteiger partial charge on any atom is -0.365 e. The second kappa shape index (κ2) is 7.16. The number of nitrogens with zero attached hydrogens (tertiary/aromatic N) is 1. The number of hydrogen-bond donors (Lipinski definition) is 1. The van der Waals surface area contributed by atoms with Crippen LogP contribution in [0.2, 0.25) is 0 Å². The second-order valence-electron chi connectivity index (χ2n) is 5.37. The van der Waals surface area contributed by atoms with Crippen molar-refractivity contribution in [1.29, 1.82) is 0 Å². The summed E-state index contributed by atoms with van der Waals surface area (Å²) in [7, 11) is 0. The molecule has 1 amide bonds. The van der Waals surface area contributed by atoms with Crippen LogP contribution in [0.25, 0.3) is 0 Å². The molecule has 0 fully saturated rings. The zero-order valence-electron chi connectivity index (χ0n) is 12.2. The molecule has 0 spiro atoms. The van der Waals surface area contributed by atoms with Gasteiger partial charge < -0.3 is 10.0 Å². The maximum absolute atomic E-state index is 12.7. The fraction of sp³-hybridized carbons (Fsp3) is 0.438. The Balaban J connectivity index is 2.32. The molecule has 0 aliphatic carbocycles. The highest BCUT2D eigenvalue weighted by molar-refractivity contribution is 9.39. The van der Waals surface area contributed by atoms with E-state index in [0.717, 1.165) is 18.4 Å². The summed E-state index contributed by atoms with van der Waals surface area (Å²) in [5.41, 5.74) is 0.141. The molecular formula is C16H18Br3NO2. The number of amides is 1. The van der Waals surface area contributed by atoms with Gasteiger partial charge in [-0.25, -0.2) is 0 Å². The molecule has 1 aromatic carbocycles. The highest BCUT2D eigenvalue weighted by Gasteiger charge is 2.54. The van der Waals surface area contributed by atoms with Crippen LogP contribution in [0, 0.1) is 0 Å². The third-order valence-corrected chi connectivity index (χ3v) is 5.46. The Morgan fingerprint density at radius 1 is 1.23 bits per heavy atom. The number of unbranched alkanes of at least 4 members (excludes halogenated alkanes) is 1. The fourth-order valence-corrected chi connectivity index (χ4v) is 3.44. The summed E-state index contributed by atoms with van der Waals surface area (Å²) in [5.74, 6) is -0.123. The highest BCUT2D eigenvalue weighted by Crippen LogP contribution is 2.50.